The van der Waals surface area contributed by atoms with Crippen molar-refractivity contribution in [3.8, 4) is 11.3 Å². The topological polar surface area (TPSA) is 62.5 Å². The first-order chi connectivity index (χ1) is 13.6. The first-order valence-corrected chi connectivity index (χ1v) is 10.2. The van der Waals surface area contributed by atoms with Gasteiger partial charge in [-0.1, -0.05) is 23.2 Å². The molecule has 1 aliphatic heterocycles. The summed E-state index contributed by atoms with van der Waals surface area (Å²) >= 11 is 12.6. The van der Waals surface area contributed by atoms with E-state index in [2.05, 4.69) is 25.8 Å². The number of amides is 1. The third-order valence-electron chi connectivity index (χ3n) is 5.30. The Balaban J connectivity index is 1.64. The zero-order valence-electron chi connectivity index (χ0n) is 15.2. The fourth-order valence-corrected chi connectivity index (χ4v) is 4.19. The van der Waals surface area contributed by atoms with Gasteiger partial charge in [0.15, 0.2) is 5.65 Å². The van der Waals surface area contributed by atoms with Crippen molar-refractivity contribution in [1.82, 2.24) is 24.6 Å². The van der Waals surface area contributed by atoms with Crippen LogP contribution in [0.25, 0.3) is 16.9 Å². The minimum atomic E-state index is 0.0477. The van der Waals surface area contributed by atoms with Crippen LogP contribution in [0.2, 0.25) is 10.0 Å². The summed E-state index contributed by atoms with van der Waals surface area (Å²) in [4.78, 5) is 23.4. The number of imidazole rings is 1. The van der Waals surface area contributed by atoms with Gasteiger partial charge >= 0.3 is 0 Å². The normalized spacial score (nSPS) is 17.9. The summed E-state index contributed by atoms with van der Waals surface area (Å²) < 4.78 is 2.10. The number of halogens is 2. The zero-order chi connectivity index (χ0) is 19.3. The van der Waals surface area contributed by atoms with E-state index >= 15 is 0 Å². The van der Waals surface area contributed by atoms with E-state index in [1.807, 2.05) is 18.3 Å². The van der Waals surface area contributed by atoms with Gasteiger partial charge in [0.2, 0.25) is 5.91 Å². The minimum absolute atomic E-state index is 0.0477. The molecular weight excluding hydrogens is 397 g/mol. The van der Waals surface area contributed by atoms with Crippen LogP contribution in [-0.4, -0.2) is 44.8 Å². The van der Waals surface area contributed by atoms with E-state index in [-0.39, 0.29) is 5.91 Å². The molecule has 1 saturated heterocycles. The van der Waals surface area contributed by atoms with Crippen molar-refractivity contribution in [2.24, 2.45) is 0 Å². The number of hydrogen-bond donors (Lipinski definition) is 1. The van der Waals surface area contributed by atoms with Gasteiger partial charge in [-0.05, 0) is 31.0 Å². The monoisotopic (exact) mass is 415 g/mol. The minimum Gasteiger partial charge on any atom is -0.354 e. The molecule has 2 aliphatic rings. The van der Waals surface area contributed by atoms with E-state index in [9.17, 15) is 4.79 Å². The second-order valence-corrected chi connectivity index (χ2v) is 8.25. The number of carbonyl (C=O) groups is 1. The lowest BCUT2D eigenvalue weighted by Gasteiger charge is -2.26. The van der Waals surface area contributed by atoms with E-state index in [4.69, 9.17) is 28.2 Å². The summed E-state index contributed by atoms with van der Waals surface area (Å²) in [5.74, 6) is 0.592. The molecule has 1 aliphatic carbocycles. The first kappa shape index (κ1) is 17.9. The molecule has 144 valence electrons. The Morgan fingerprint density at radius 1 is 1.25 bits per heavy atom. The van der Waals surface area contributed by atoms with Gasteiger partial charge < -0.3 is 5.32 Å². The summed E-state index contributed by atoms with van der Waals surface area (Å²) in [6, 6.07) is 5.45. The number of aromatic nitrogens is 3. The highest BCUT2D eigenvalue weighted by atomic mass is 35.5. The van der Waals surface area contributed by atoms with Crippen LogP contribution in [0.3, 0.4) is 0 Å². The van der Waals surface area contributed by atoms with Crippen molar-refractivity contribution in [1.29, 1.82) is 0 Å². The van der Waals surface area contributed by atoms with Crippen molar-refractivity contribution in [2.45, 2.75) is 25.3 Å². The van der Waals surface area contributed by atoms with Crippen LogP contribution in [0.4, 0.5) is 0 Å². The molecule has 0 spiro atoms. The average Bonchev–Trinajstić information content (AvgIpc) is 3.46. The van der Waals surface area contributed by atoms with Crippen LogP contribution in [0, 0.1) is 0 Å². The lowest BCUT2D eigenvalue weighted by Crippen LogP contribution is -2.47. The first-order valence-electron chi connectivity index (χ1n) is 9.40. The second-order valence-electron chi connectivity index (χ2n) is 7.41. The van der Waals surface area contributed by atoms with Gasteiger partial charge in [0, 0.05) is 42.3 Å². The lowest BCUT2D eigenvalue weighted by atomic mass is 10.1. The maximum atomic E-state index is 11.8. The zero-order valence-corrected chi connectivity index (χ0v) is 16.7. The highest BCUT2D eigenvalue weighted by molar-refractivity contribution is 6.36. The third kappa shape index (κ3) is 3.36. The fraction of sp³-hybridized carbons (Fsp3) is 0.350. The van der Waals surface area contributed by atoms with Crippen LogP contribution in [0.15, 0.2) is 30.6 Å². The molecule has 1 amide bonds. The molecule has 6 nitrogen and oxygen atoms in total. The summed E-state index contributed by atoms with van der Waals surface area (Å²) in [5.41, 5.74) is 4.53. The number of fused-ring (bicyclic) bond motifs is 1. The van der Waals surface area contributed by atoms with Crippen LogP contribution in [-0.2, 0) is 11.3 Å². The van der Waals surface area contributed by atoms with E-state index < -0.39 is 0 Å². The van der Waals surface area contributed by atoms with E-state index in [1.165, 1.54) is 12.8 Å². The molecule has 3 aromatic rings. The summed E-state index contributed by atoms with van der Waals surface area (Å²) in [7, 11) is 0. The number of hydrogen-bond acceptors (Lipinski definition) is 4. The van der Waals surface area contributed by atoms with Gasteiger partial charge in [0.25, 0.3) is 0 Å². The number of rotatable bonds is 4. The lowest BCUT2D eigenvalue weighted by molar-refractivity contribution is -0.124. The van der Waals surface area contributed by atoms with Gasteiger partial charge in [-0.15, -0.1) is 0 Å². The van der Waals surface area contributed by atoms with Crippen molar-refractivity contribution >= 4 is 34.8 Å². The van der Waals surface area contributed by atoms with E-state index in [1.54, 1.807) is 6.07 Å². The molecular formula is C20H19Cl2N5O. The molecule has 2 fully saturated rings. The molecule has 0 radical (unpaired) electrons. The molecule has 28 heavy (non-hydrogen) atoms. The van der Waals surface area contributed by atoms with Crippen LogP contribution >= 0.6 is 23.2 Å². The maximum absolute atomic E-state index is 11.8. The molecule has 0 atom stereocenters. The Kier molecular flexibility index (Phi) is 4.50. The number of piperazine rings is 1. The van der Waals surface area contributed by atoms with Crippen LogP contribution in [0.1, 0.15) is 30.1 Å². The van der Waals surface area contributed by atoms with Crippen LogP contribution in [0.5, 0.6) is 0 Å². The summed E-state index contributed by atoms with van der Waals surface area (Å²) in [5, 5.41) is 4.02. The smallest absolute Gasteiger partial charge is 0.234 e. The maximum Gasteiger partial charge on any atom is 0.234 e. The van der Waals surface area contributed by atoms with Gasteiger partial charge in [-0.25, -0.2) is 4.98 Å². The Morgan fingerprint density at radius 3 is 2.86 bits per heavy atom. The number of benzene rings is 1. The van der Waals surface area contributed by atoms with Crippen molar-refractivity contribution in [3.63, 3.8) is 0 Å². The Bertz CT molecular complexity index is 1080. The molecule has 8 heteroatoms. The molecule has 1 N–H and O–H groups in total. The van der Waals surface area contributed by atoms with Gasteiger partial charge in [-0.3, -0.25) is 19.1 Å². The largest absolute Gasteiger partial charge is 0.354 e. The summed E-state index contributed by atoms with van der Waals surface area (Å²) in [6.07, 6.45) is 6.29. The highest BCUT2D eigenvalue weighted by Crippen LogP contribution is 2.39. The molecule has 0 unspecified atom stereocenters. The Labute approximate surface area is 172 Å². The van der Waals surface area contributed by atoms with Crippen molar-refractivity contribution in [2.75, 3.05) is 19.6 Å². The highest BCUT2D eigenvalue weighted by Gasteiger charge is 2.27. The predicted octanol–water partition coefficient (Wildman–Crippen LogP) is 3.51. The number of nitrogens with zero attached hydrogens (tertiary/aromatic N) is 4. The average molecular weight is 416 g/mol. The number of carbonyl (C=O) groups excluding carboxylic acids is 1. The SMILES string of the molecule is O=C1CN(Cc2c(-c3ccc(Cl)cc3Cl)nc3cnc(C4CC4)cn23)CCN1. The predicted molar refractivity (Wildman–Crippen MR) is 109 cm³/mol. The van der Waals surface area contributed by atoms with Crippen molar-refractivity contribution < 1.29 is 4.79 Å². The molecule has 1 saturated carbocycles. The van der Waals surface area contributed by atoms with Gasteiger partial charge in [0.1, 0.15) is 0 Å². The standard InChI is InChI=1S/C20H19Cl2N5O/c21-13-3-4-14(15(22)7-13)20-17(10-26-6-5-23-19(28)11-26)27-9-16(12-1-2-12)24-8-18(27)25-20/h3-4,7-9,12H,1-2,5-6,10-11H2,(H,23,28). The Hall–Kier alpha value is -2.15. The summed E-state index contributed by atoms with van der Waals surface area (Å²) in [6.45, 7) is 2.44. The van der Waals surface area contributed by atoms with Gasteiger partial charge in [0.05, 0.1) is 34.8 Å². The quantitative estimate of drug-likeness (QED) is 0.707. The molecule has 5 rings (SSSR count). The third-order valence-corrected chi connectivity index (χ3v) is 5.85. The Morgan fingerprint density at radius 2 is 2.11 bits per heavy atom. The molecule has 0 bridgehead atoms. The molecule has 3 heterocycles. The van der Waals surface area contributed by atoms with E-state index in [0.29, 0.717) is 35.6 Å². The van der Waals surface area contributed by atoms with Gasteiger partial charge in [-0.2, -0.15) is 0 Å². The van der Waals surface area contributed by atoms with Crippen LogP contribution < -0.4 is 5.32 Å². The van der Waals surface area contributed by atoms with E-state index in [0.717, 1.165) is 34.8 Å². The number of nitrogens with one attached hydrogen (secondary N) is 1. The molecule has 1 aromatic carbocycles. The molecule has 2 aromatic heterocycles. The van der Waals surface area contributed by atoms with Crippen molar-refractivity contribution in [3.05, 3.63) is 52.0 Å². The second kappa shape index (κ2) is 7.03. The fourth-order valence-electron chi connectivity index (χ4n) is 3.69.